The van der Waals surface area contributed by atoms with Crippen LogP contribution in [0.5, 0.6) is 11.5 Å². The molecule has 1 unspecified atom stereocenters. The van der Waals surface area contributed by atoms with Gasteiger partial charge in [-0.05, 0) is 79.9 Å². The molecule has 3 nitrogen and oxygen atoms in total. The van der Waals surface area contributed by atoms with Crippen LogP contribution in [0.15, 0.2) is 72.8 Å². The van der Waals surface area contributed by atoms with Crippen molar-refractivity contribution in [2.75, 3.05) is 4.90 Å². The maximum atomic E-state index is 13.5. The quantitative estimate of drug-likeness (QED) is 0.608. The van der Waals surface area contributed by atoms with E-state index in [1.807, 2.05) is 37.3 Å². The number of hydrogen-bond acceptors (Lipinski definition) is 2. The summed E-state index contributed by atoms with van der Waals surface area (Å²) in [4.78, 5) is 14.9. The lowest BCUT2D eigenvalue weighted by Gasteiger charge is -2.35. The number of carbonyl (C=O) groups is 1. The molecule has 0 bridgehead atoms. The molecule has 1 heterocycles. The van der Waals surface area contributed by atoms with Gasteiger partial charge in [-0.2, -0.15) is 0 Å². The van der Waals surface area contributed by atoms with E-state index in [1.54, 1.807) is 35.2 Å². The number of nitrogens with zero attached hydrogens (tertiary/aromatic N) is 1. The molecule has 0 spiro atoms. The Morgan fingerprint density at radius 2 is 1.70 bits per heavy atom. The Balaban J connectivity index is 1.58. The predicted molar refractivity (Wildman–Crippen MR) is 104 cm³/mol. The van der Waals surface area contributed by atoms with Gasteiger partial charge in [0.15, 0.2) is 0 Å². The summed E-state index contributed by atoms with van der Waals surface area (Å²) in [7, 11) is 0. The van der Waals surface area contributed by atoms with E-state index < -0.39 is 0 Å². The minimum Gasteiger partial charge on any atom is -0.457 e. The van der Waals surface area contributed by atoms with Crippen molar-refractivity contribution in [3.63, 3.8) is 0 Å². The Hall–Kier alpha value is -3.14. The zero-order valence-electron chi connectivity index (χ0n) is 15.1. The van der Waals surface area contributed by atoms with Gasteiger partial charge in [0.2, 0.25) is 0 Å². The Morgan fingerprint density at radius 3 is 2.44 bits per heavy atom. The summed E-state index contributed by atoms with van der Waals surface area (Å²) in [6.07, 6.45) is 1.60. The van der Waals surface area contributed by atoms with Crippen LogP contribution in [0.3, 0.4) is 0 Å². The molecule has 136 valence electrons. The zero-order valence-corrected chi connectivity index (χ0v) is 15.1. The van der Waals surface area contributed by atoms with Crippen LogP contribution in [-0.2, 0) is 6.42 Å². The van der Waals surface area contributed by atoms with Gasteiger partial charge < -0.3 is 9.64 Å². The Kier molecular flexibility index (Phi) is 4.63. The molecule has 27 heavy (non-hydrogen) atoms. The Bertz CT molecular complexity index is 954. The molecule has 1 aliphatic heterocycles. The van der Waals surface area contributed by atoms with Crippen molar-refractivity contribution in [1.29, 1.82) is 0 Å². The number of carbonyl (C=O) groups excluding carboxylic acids is 1. The number of ether oxygens (including phenoxy) is 1. The van der Waals surface area contributed by atoms with Crippen molar-refractivity contribution in [3.8, 4) is 11.5 Å². The van der Waals surface area contributed by atoms with Crippen LogP contribution < -0.4 is 9.64 Å². The maximum Gasteiger partial charge on any atom is 0.258 e. The zero-order chi connectivity index (χ0) is 18.8. The van der Waals surface area contributed by atoms with Crippen LogP contribution in [0.25, 0.3) is 0 Å². The van der Waals surface area contributed by atoms with Crippen LogP contribution in [-0.4, -0.2) is 11.9 Å². The fraction of sp³-hybridized carbons (Fsp3) is 0.174. The maximum absolute atomic E-state index is 13.5. The average Bonchev–Trinajstić information content (AvgIpc) is 2.69. The van der Waals surface area contributed by atoms with Gasteiger partial charge >= 0.3 is 0 Å². The summed E-state index contributed by atoms with van der Waals surface area (Å²) >= 11 is 0. The molecule has 3 aromatic rings. The van der Waals surface area contributed by atoms with Gasteiger partial charge in [-0.1, -0.05) is 18.2 Å². The number of amides is 1. The minimum absolute atomic E-state index is 0.0655. The summed E-state index contributed by atoms with van der Waals surface area (Å²) in [5.41, 5.74) is 2.26. The van der Waals surface area contributed by atoms with Crippen molar-refractivity contribution in [2.24, 2.45) is 0 Å². The standard InChI is InChI=1S/C23H20FNO2/c1-16-7-8-18-15-19(24)11-14-22(18)25(16)23(26)17-9-12-21(13-10-17)27-20-5-3-2-4-6-20/h2-6,9-16H,7-8H2,1H3. The van der Waals surface area contributed by atoms with E-state index in [1.165, 1.54) is 12.1 Å². The third-order valence-corrected chi connectivity index (χ3v) is 4.87. The van der Waals surface area contributed by atoms with Gasteiger partial charge in [0.05, 0.1) is 0 Å². The van der Waals surface area contributed by atoms with Crippen LogP contribution in [0.2, 0.25) is 0 Å². The van der Waals surface area contributed by atoms with E-state index in [9.17, 15) is 9.18 Å². The molecule has 3 aromatic carbocycles. The second-order valence-corrected chi connectivity index (χ2v) is 6.78. The van der Waals surface area contributed by atoms with E-state index in [-0.39, 0.29) is 17.8 Å². The number of aryl methyl sites for hydroxylation is 1. The first-order valence-corrected chi connectivity index (χ1v) is 9.07. The monoisotopic (exact) mass is 361 g/mol. The molecular formula is C23H20FNO2. The molecule has 0 aliphatic carbocycles. The van der Waals surface area contributed by atoms with Gasteiger partial charge in [-0.3, -0.25) is 4.79 Å². The fourth-order valence-corrected chi connectivity index (χ4v) is 3.46. The second-order valence-electron chi connectivity index (χ2n) is 6.78. The normalized spacial score (nSPS) is 15.9. The highest BCUT2D eigenvalue weighted by Gasteiger charge is 2.29. The number of halogens is 1. The lowest BCUT2D eigenvalue weighted by Crippen LogP contribution is -2.42. The largest absolute Gasteiger partial charge is 0.457 e. The lowest BCUT2D eigenvalue weighted by atomic mass is 9.95. The van der Waals surface area contributed by atoms with Gasteiger partial charge in [0, 0.05) is 17.3 Å². The first-order valence-electron chi connectivity index (χ1n) is 9.07. The number of benzene rings is 3. The summed E-state index contributed by atoms with van der Waals surface area (Å²) in [6, 6.07) is 21.3. The van der Waals surface area contributed by atoms with E-state index in [0.717, 1.165) is 29.8 Å². The molecule has 0 radical (unpaired) electrons. The Labute approximate surface area is 158 Å². The van der Waals surface area contributed by atoms with Crippen molar-refractivity contribution < 1.29 is 13.9 Å². The molecule has 0 saturated carbocycles. The highest BCUT2D eigenvalue weighted by molar-refractivity contribution is 6.07. The molecule has 1 aliphatic rings. The van der Waals surface area contributed by atoms with E-state index in [2.05, 4.69) is 0 Å². The Morgan fingerprint density at radius 1 is 1.00 bits per heavy atom. The smallest absolute Gasteiger partial charge is 0.258 e. The molecule has 4 heteroatoms. The van der Waals surface area contributed by atoms with Crippen LogP contribution in [0, 0.1) is 5.82 Å². The SMILES string of the molecule is CC1CCc2cc(F)ccc2N1C(=O)c1ccc(Oc2ccccc2)cc1. The number of para-hydroxylation sites is 1. The number of anilines is 1. The number of fused-ring (bicyclic) bond motifs is 1. The van der Waals surface area contributed by atoms with Crippen LogP contribution >= 0.6 is 0 Å². The lowest BCUT2D eigenvalue weighted by molar-refractivity contribution is 0.0975. The van der Waals surface area contributed by atoms with Gasteiger partial charge in [0.1, 0.15) is 17.3 Å². The molecule has 0 aromatic heterocycles. The second kappa shape index (κ2) is 7.23. The molecular weight excluding hydrogens is 341 g/mol. The molecule has 1 atom stereocenters. The summed E-state index contributed by atoms with van der Waals surface area (Å²) in [6.45, 7) is 2.02. The third kappa shape index (κ3) is 3.56. The van der Waals surface area contributed by atoms with Crippen molar-refractivity contribution in [3.05, 3.63) is 89.7 Å². The average molecular weight is 361 g/mol. The molecule has 1 amide bonds. The van der Waals surface area contributed by atoms with Gasteiger partial charge in [0.25, 0.3) is 5.91 Å². The van der Waals surface area contributed by atoms with Crippen molar-refractivity contribution >= 4 is 11.6 Å². The first kappa shape index (κ1) is 17.3. The summed E-state index contributed by atoms with van der Waals surface area (Å²) < 4.78 is 19.3. The fourth-order valence-electron chi connectivity index (χ4n) is 3.46. The highest BCUT2D eigenvalue weighted by Crippen LogP contribution is 2.33. The van der Waals surface area contributed by atoms with E-state index >= 15 is 0 Å². The predicted octanol–water partition coefficient (Wildman–Crippen LogP) is 5.60. The topological polar surface area (TPSA) is 29.5 Å². The number of rotatable bonds is 3. The third-order valence-electron chi connectivity index (χ3n) is 4.87. The summed E-state index contributed by atoms with van der Waals surface area (Å²) in [5.74, 6) is 1.07. The minimum atomic E-state index is -0.266. The van der Waals surface area contributed by atoms with Crippen LogP contribution in [0.4, 0.5) is 10.1 Å². The van der Waals surface area contributed by atoms with Gasteiger partial charge in [-0.25, -0.2) is 4.39 Å². The summed E-state index contributed by atoms with van der Waals surface area (Å²) in [5, 5.41) is 0. The van der Waals surface area contributed by atoms with Crippen LogP contribution in [0.1, 0.15) is 29.3 Å². The molecule has 0 saturated heterocycles. The molecule has 0 N–H and O–H groups in total. The number of hydrogen-bond donors (Lipinski definition) is 0. The van der Waals surface area contributed by atoms with Crippen molar-refractivity contribution in [1.82, 2.24) is 0 Å². The van der Waals surface area contributed by atoms with E-state index in [4.69, 9.17) is 4.74 Å². The first-order chi connectivity index (χ1) is 13.1. The molecule has 0 fully saturated rings. The van der Waals surface area contributed by atoms with Crippen molar-refractivity contribution in [2.45, 2.75) is 25.8 Å². The molecule has 4 rings (SSSR count). The highest BCUT2D eigenvalue weighted by atomic mass is 19.1. The van der Waals surface area contributed by atoms with E-state index in [0.29, 0.717) is 11.3 Å². The van der Waals surface area contributed by atoms with Gasteiger partial charge in [-0.15, -0.1) is 0 Å².